The van der Waals surface area contributed by atoms with Crippen LogP contribution >= 0.6 is 0 Å². The Morgan fingerprint density at radius 2 is 1.74 bits per heavy atom. The van der Waals surface area contributed by atoms with Gasteiger partial charge >= 0.3 is 0 Å². The van der Waals surface area contributed by atoms with Crippen LogP contribution in [0.25, 0.3) is 27.9 Å². The van der Waals surface area contributed by atoms with Gasteiger partial charge in [-0.15, -0.1) is 0 Å². The topological polar surface area (TPSA) is 77.1 Å². The molecule has 2 aromatic carbocycles. The van der Waals surface area contributed by atoms with E-state index in [-0.39, 0.29) is 5.91 Å². The van der Waals surface area contributed by atoms with Crippen LogP contribution in [-0.2, 0) is 18.3 Å². The highest BCUT2D eigenvalue weighted by molar-refractivity contribution is 5.92. The van der Waals surface area contributed by atoms with Crippen LogP contribution in [0, 0.1) is 0 Å². The number of hydrogen-bond acceptors (Lipinski definition) is 4. The molecule has 0 aliphatic carbocycles. The zero-order valence-electron chi connectivity index (χ0n) is 16.9. The zero-order chi connectivity index (χ0) is 21.2. The number of anilines is 1. The molecule has 0 radical (unpaired) electrons. The predicted octanol–water partition coefficient (Wildman–Crippen LogP) is 3.98. The molecule has 0 unspecified atom stereocenters. The number of hydrogen-bond donors (Lipinski definition) is 1. The van der Waals surface area contributed by atoms with Gasteiger partial charge in [-0.25, -0.2) is 9.50 Å². The molecule has 152 valence electrons. The van der Waals surface area contributed by atoms with Gasteiger partial charge in [-0.3, -0.25) is 9.48 Å². The van der Waals surface area contributed by atoms with Gasteiger partial charge in [-0.05, 0) is 23.8 Å². The molecule has 3 heterocycles. The van der Waals surface area contributed by atoms with Gasteiger partial charge in [0.25, 0.3) is 0 Å². The molecular weight excluding hydrogens is 388 g/mol. The normalized spacial score (nSPS) is 11.0. The second-order valence-corrected chi connectivity index (χ2v) is 7.36. The standard InChI is InChI=1S/C24H20N6O/c1-29-14-20(13-26-29)19-12-22-24(25-16-27-30(22)15-19)18-7-9-21(10-8-18)28-23(31)11-17-5-3-2-4-6-17/h2-10,12-16H,11H2,1H3,(H,28,31). The third-order valence-corrected chi connectivity index (χ3v) is 5.09. The molecule has 0 saturated heterocycles. The minimum absolute atomic E-state index is 0.0453. The second-order valence-electron chi connectivity index (χ2n) is 7.36. The Balaban J connectivity index is 1.38. The summed E-state index contributed by atoms with van der Waals surface area (Å²) in [7, 11) is 1.89. The summed E-state index contributed by atoms with van der Waals surface area (Å²) in [5.74, 6) is -0.0453. The Labute approximate surface area is 179 Å². The zero-order valence-corrected chi connectivity index (χ0v) is 16.9. The Kier molecular flexibility index (Phi) is 4.76. The number of benzene rings is 2. The summed E-state index contributed by atoms with van der Waals surface area (Å²) >= 11 is 0. The van der Waals surface area contributed by atoms with E-state index in [0.29, 0.717) is 6.42 Å². The van der Waals surface area contributed by atoms with Crippen molar-refractivity contribution in [2.24, 2.45) is 7.05 Å². The van der Waals surface area contributed by atoms with Crippen LogP contribution in [0.15, 0.2) is 85.6 Å². The van der Waals surface area contributed by atoms with E-state index in [2.05, 4.69) is 26.6 Å². The SMILES string of the molecule is Cn1cc(-c2cc3c(-c4ccc(NC(=O)Cc5ccccc5)cc4)ncnn3c2)cn1. The number of rotatable bonds is 5. The van der Waals surface area contributed by atoms with Gasteiger partial charge in [-0.1, -0.05) is 42.5 Å². The van der Waals surface area contributed by atoms with Gasteiger partial charge in [-0.2, -0.15) is 10.2 Å². The van der Waals surface area contributed by atoms with Crippen molar-refractivity contribution in [2.75, 3.05) is 5.32 Å². The quantitative estimate of drug-likeness (QED) is 0.477. The van der Waals surface area contributed by atoms with E-state index in [0.717, 1.165) is 39.2 Å². The number of carbonyl (C=O) groups excluding carboxylic acids is 1. The monoisotopic (exact) mass is 408 g/mol. The number of amides is 1. The van der Waals surface area contributed by atoms with E-state index < -0.39 is 0 Å². The van der Waals surface area contributed by atoms with E-state index in [9.17, 15) is 4.79 Å². The van der Waals surface area contributed by atoms with Crippen molar-refractivity contribution in [1.29, 1.82) is 0 Å². The van der Waals surface area contributed by atoms with Crippen molar-refractivity contribution in [2.45, 2.75) is 6.42 Å². The fourth-order valence-electron chi connectivity index (χ4n) is 3.58. The maximum Gasteiger partial charge on any atom is 0.228 e. The van der Waals surface area contributed by atoms with Gasteiger partial charge in [0, 0.05) is 41.8 Å². The summed E-state index contributed by atoms with van der Waals surface area (Å²) in [4.78, 5) is 16.8. The number of aromatic nitrogens is 5. The minimum Gasteiger partial charge on any atom is -0.326 e. The number of aryl methyl sites for hydroxylation is 1. The third-order valence-electron chi connectivity index (χ3n) is 5.09. The maximum absolute atomic E-state index is 12.3. The maximum atomic E-state index is 12.3. The average Bonchev–Trinajstić information content (AvgIpc) is 3.41. The first-order valence-corrected chi connectivity index (χ1v) is 9.92. The van der Waals surface area contributed by atoms with Gasteiger partial charge in [0.15, 0.2) is 0 Å². The van der Waals surface area contributed by atoms with Gasteiger partial charge < -0.3 is 5.32 Å². The molecule has 0 bridgehead atoms. The first-order valence-electron chi connectivity index (χ1n) is 9.92. The van der Waals surface area contributed by atoms with E-state index in [1.165, 1.54) is 0 Å². The van der Waals surface area contributed by atoms with Crippen LogP contribution < -0.4 is 5.32 Å². The second kappa shape index (κ2) is 7.87. The molecule has 7 heteroatoms. The van der Waals surface area contributed by atoms with Crippen molar-refractivity contribution < 1.29 is 4.79 Å². The van der Waals surface area contributed by atoms with Crippen LogP contribution in [-0.4, -0.2) is 30.3 Å². The molecule has 0 spiro atoms. The fraction of sp³-hybridized carbons (Fsp3) is 0.0833. The molecule has 5 rings (SSSR count). The molecule has 0 saturated carbocycles. The molecule has 0 atom stereocenters. The van der Waals surface area contributed by atoms with Crippen LogP contribution in [0.3, 0.4) is 0 Å². The predicted molar refractivity (Wildman–Crippen MR) is 119 cm³/mol. The van der Waals surface area contributed by atoms with E-state index in [1.54, 1.807) is 11.0 Å². The van der Waals surface area contributed by atoms with Crippen molar-refractivity contribution >= 4 is 17.1 Å². The van der Waals surface area contributed by atoms with Crippen molar-refractivity contribution in [3.8, 4) is 22.4 Å². The number of carbonyl (C=O) groups is 1. The highest BCUT2D eigenvalue weighted by atomic mass is 16.1. The fourth-order valence-corrected chi connectivity index (χ4v) is 3.58. The highest BCUT2D eigenvalue weighted by Gasteiger charge is 2.12. The van der Waals surface area contributed by atoms with Crippen molar-refractivity contribution in [3.63, 3.8) is 0 Å². The van der Waals surface area contributed by atoms with Gasteiger partial charge in [0.05, 0.1) is 23.8 Å². The molecule has 0 aliphatic rings. The Hall–Kier alpha value is -4.26. The lowest BCUT2D eigenvalue weighted by Crippen LogP contribution is -2.14. The Bertz CT molecular complexity index is 1350. The molecule has 31 heavy (non-hydrogen) atoms. The lowest BCUT2D eigenvalue weighted by Gasteiger charge is -2.07. The summed E-state index contributed by atoms with van der Waals surface area (Å²) in [5, 5.41) is 11.5. The number of nitrogens with one attached hydrogen (secondary N) is 1. The average molecular weight is 408 g/mol. The van der Waals surface area contributed by atoms with Crippen LogP contribution in [0.2, 0.25) is 0 Å². The summed E-state index contributed by atoms with van der Waals surface area (Å²) < 4.78 is 3.59. The summed E-state index contributed by atoms with van der Waals surface area (Å²) in [6.07, 6.45) is 7.65. The minimum atomic E-state index is -0.0453. The molecular formula is C24H20N6O. The Morgan fingerprint density at radius 1 is 0.935 bits per heavy atom. The first-order chi connectivity index (χ1) is 15.2. The van der Waals surface area contributed by atoms with Crippen LogP contribution in [0.1, 0.15) is 5.56 Å². The van der Waals surface area contributed by atoms with Crippen LogP contribution in [0.4, 0.5) is 5.69 Å². The molecule has 1 amide bonds. The molecule has 0 aliphatic heterocycles. The van der Waals surface area contributed by atoms with E-state index in [4.69, 9.17) is 0 Å². The van der Waals surface area contributed by atoms with Crippen LogP contribution in [0.5, 0.6) is 0 Å². The molecule has 1 N–H and O–H groups in total. The molecule has 0 fully saturated rings. The Morgan fingerprint density at radius 3 is 2.48 bits per heavy atom. The lowest BCUT2D eigenvalue weighted by atomic mass is 10.1. The van der Waals surface area contributed by atoms with Gasteiger partial charge in [0.1, 0.15) is 6.33 Å². The highest BCUT2D eigenvalue weighted by Crippen LogP contribution is 2.28. The molecule has 5 aromatic rings. The van der Waals surface area contributed by atoms with Crippen molar-refractivity contribution in [1.82, 2.24) is 24.4 Å². The number of nitrogens with zero attached hydrogens (tertiary/aromatic N) is 5. The lowest BCUT2D eigenvalue weighted by molar-refractivity contribution is -0.115. The van der Waals surface area contributed by atoms with E-state index in [1.807, 2.05) is 84.8 Å². The summed E-state index contributed by atoms with van der Waals surface area (Å²) in [6.45, 7) is 0. The summed E-state index contributed by atoms with van der Waals surface area (Å²) in [5.41, 5.74) is 6.47. The van der Waals surface area contributed by atoms with E-state index >= 15 is 0 Å². The number of fused-ring (bicyclic) bond motifs is 1. The molecule has 7 nitrogen and oxygen atoms in total. The smallest absolute Gasteiger partial charge is 0.228 e. The summed E-state index contributed by atoms with van der Waals surface area (Å²) in [6, 6.07) is 19.4. The largest absolute Gasteiger partial charge is 0.326 e. The van der Waals surface area contributed by atoms with Crippen molar-refractivity contribution in [3.05, 3.63) is 91.1 Å². The first kappa shape index (κ1) is 18.7. The molecule has 3 aromatic heterocycles. The van der Waals surface area contributed by atoms with Gasteiger partial charge in [0.2, 0.25) is 5.91 Å². The third kappa shape index (κ3) is 3.93.